The molecule has 0 unspecified atom stereocenters. The molecule has 7 heteroatoms. The maximum Gasteiger partial charge on any atom is 0.340 e. The normalized spacial score (nSPS) is 10.8. The Balaban J connectivity index is 0.000000550. The Labute approximate surface area is 150 Å². The summed E-state index contributed by atoms with van der Waals surface area (Å²) in [5.74, 6) is -2.41. The van der Waals surface area contributed by atoms with Gasteiger partial charge in [-0.25, -0.2) is 9.59 Å². The van der Waals surface area contributed by atoms with Gasteiger partial charge in [0.05, 0.1) is 28.2 Å². The highest BCUT2D eigenvalue weighted by Gasteiger charge is 2.26. The predicted octanol–water partition coefficient (Wildman–Crippen LogP) is 2.57. The van der Waals surface area contributed by atoms with Crippen LogP contribution in [0.1, 0.15) is 20.7 Å². The summed E-state index contributed by atoms with van der Waals surface area (Å²) in [6.45, 7) is 0. The molecule has 0 aliphatic rings. The van der Waals surface area contributed by atoms with E-state index < -0.39 is 23.1 Å². The molecule has 25 heavy (non-hydrogen) atoms. The van der Waals surface area contributed by atoms with E-state index in [-0.39, 0.29) is 20.9 Å². The average molecular weight is 364 g/mol. The fourth-order valence-corrected chi connectivity index (χ4v) is 3.08. The molecular weight excluding hydrogens is 342 g/mol. The SMILES string of the molecule is C[N+](C)(C)C.O=C(O)c1ccccc1[S+]([O-])c1ccccc1C(=O)O. The van der Waals surface area contributed by atoms with Crippen LogP contribution in [-0.4, -0.2) is 59.4 Å². The van der Waals surface area contributed by atoms with Gasteiger partial charge in [-0.3, -0.25) is 0 Å². The standard InChI is InChI=1S/C14H10O5S.C4H12N/c15-13(16)9-5-1-3-7-11(9)20(19)12-8-4-2-6-10(12)14(17)18;1-5(2,3)4/h1-8H,(H,15,16)(H,17,18);1-4H3/q;+1. The first kappa shape index (κ1) is 20.7. The number of hydrogen-bond acceptors (Lipinski definition) is 3. The second kappa shape index (κ2) is 8.66. The molecule has 0 saturated carbocycles. The Kier molecular flexibility index (Phi) is 7.17. The Morgan fingerprint density at radius 1 is 0.800 bits per heavy atom. The number of carboxylic acid groups (broad SMARTS) is 2. The lowest BCUT2D eigenvalue weighted by molar-refractivity contribution is -0.849. The number of carboxylic acids is 2. The molecule has 0 aliphatic heterocycles. The van der Waals surface area contributed by atoms with Gasteiger partial charge >= 0.3 is 11.9 Å². The van der Waals surface area contributed by atoms with Crippen molar-refractivity contribution >= 4 is 23.1 Å². The molecule has 0 saturated heterocycles. The van der Waals surface area contributed by atoms with E-state index in [1.165, 1.54) is 36.4 Å². The molecule has 2 aromatic carbocycles. The van der Waals surface area contributed by atoms with Crippen molar-refractivity contribution in [1.29, 1.82) is 0 Å². The number of quaternary nitrogens is 1. The smallest absolute Gasteiger partial charge is 0.340 e. The van der Waals surface area contributed by atoms with Crippen molar-refractivity contribution in [3.8, 4) is 0 Å². The van der Waals surface area contributed by atoms with Crippen molar-refractivity contribution < 1.29 is 28.8 Å². The molecule has 0 atom stereocenters. The van der Waals surface area contributed by atoms with E-state index in [2.05, 4.69) is 28.2 Å². The van der Waals surface area contributed by atoms with E-state index in [9.17, 15) is 14.1 Å². The zero-order chi connectivity index (χ0) is 19.2. The van der Waals surface area contributed by atoms with E-state index in [1.54, 1.807) is 12.1 Å². The van der Waals surface area contributed by atoms with Crippen molar-refractivity contribution in [2.24, 2.45) is 0 Å². The summed E-state index contributed by atoms with van der Waals surface area (Å²) in [5.41, 5.74) is -0.211. The highest BCUT2D eigenvalue weighted by Crippen LogP contribution is 2.26. The molecule has 0 amide bonds. The molecule has 0 aliphatic carbocycles. The third-order valence-electron chi connectivity index (χ3n) is 2.63. The zero-order valence-electron chi connectivity index (χ0n) is 14.6. The summed E-state index contributed by atoms with van der Waals surface area (Å²) in [6, 6.07) is 11.7. The van der Waals surface area contributed by atoms with Crippen LogP contribution >= 0.6 is 0 Å². The fraction of sp³-hybridized carbons (Fsp3) is 0.222. The van der Waals surface area contributed by atoms with Crippen LogP contribution < -0.4 is 0 Å². The number of benzene rings is 2. The van der Waals surface area contributed by atoms with Crippen molar-refractivity contribution in [2.45, 2.75) is 9.79 Å². The summed E-state index contributed by atoms with van der Waals surface area (Å²) in [6.07, 6.45) is 0. The van der Waals surface area contributed by atoms with Gasteiger partial charge in [0.1, 0.15) is 11.1 Å². The number of rotatable bonds is 4. The van der Waals surface area contributed by atoms with Gasteiger partial charge in [0.2, 0.25) is 0 Å². The molecular formula is C18H22NO5S+. The van der Waals surface area contributed by atoms with Gasteiger partial charge in [-0.1, -0.05) is 24.3 Å². The lowest BCUT2D eigenvalue weighted by atomic mass is 10.2. The first-order valence-corrected chi connectivity index (χ1v) is 8.52. The minimum atomic E-state index is -1.87. The Bertz CT molecular complexity index is 692. The maximum atomic E-state index is 12.5. The van der Waals surface area contributed by atoms with Crippen LogP contribution in [0.5, 0.6) is 0 Å². The summed E-state index contributed by atoms with van der Waals surface area (Å²) in [7, 11) is 8.50. The number of hydrogen-bond donors (Lipinski definition) is 2. The van der Waals surface area contributed by atoms with Gasteiger partial charge in [-0.2, -0.15) is 0 Å². The van der Waals surface area contributed by atoms with Crippen molar-refractivity contribution in [1.82, 2.24) is 0 Å². The molecule has 0 fully saturated rings. The van der Waals surface area contributed by atoms with Gasteiger partial charge in [0.25, 0.3) is 0 Å². The lowest BCUT2D eigenvalue weighted by Gasteiger charge is -2.14. The lowest BCUT2D eigenvalue weighted by Crippen LogP contribution is -2.27. The quantitative estimate of drug-likeness (QED) is 0.642. The van der Waals surface area contributed by atoms with Crippen LogP contribution in [0.15, 0.2) is 58.3 Å². The molecule has 134 valence electrons. The minimum absolute atomic E-state index is 0.0775. The second-order valence-electron chi connectivity index (χ2n) is 6.55. The molecule has 2 N–H and O–H groups in total. The maximum absolute atomic E-state index is 12.5. The Morgan fingerprint density at radius 3 is 1.36 bits per heavy atom. The Morgan fingerprint density at radius 2 is 1.08 bits per heavy atom. The molecule has 6 nitrogen and oxygen atoms in total. The van der Waals surface area contributed by atoms with Crippen LogP contribution in [0.25, 0.3) is 0 Å². The first-order valence-electron chi connectivity index (χ1n) is 7.37. The van der Waals surface area contributed by atoms with Crippen LogP contribution in [0, 0.1) is 0 Å². The van der Waals surface area contributed by atoms with E-state index >= 15 is 0 Å². The van der Waals surface area contributed by atoms with Gasteiger partial charge < -0.3 is 19.2 Å². The number of nitrogens with zero attached hydrogens (tertiary/aromatic N) is 1. The van der Waals surface area contributed by atoms with Gasteiger partial charge in [0, 0.05) is 11.2 Å². The van der Waals surface area contributed by atoms with Crippen LogP contribution in [0.3, 0.4) is 0 Å². The highest BCUT2D eigenvalue weighted by molar-refractivity contribution is 7.91. The van der Waals surface area contributed by atoms with Gasteiger partial charge in [0.15, 0.2) is 9.79 Å². The van der Waals surface area contributed by atoms with E-state index in [0.29, 0.717) is 0 Å². The third kappa shape index (κ3) is 6.58. The minimum Gasteiger partial charge on any atom is -0.606 e. The summed E-state index contributed by atoms with van der Waals surface area (Å²) < 4.78 is 13.5. The molecule has 0 heterocycles. The molecule has 0 bridgehead atoms. The fourth-order valence-electron chi connectivity index (χ4n) is 1.73. The van der Waals surface area contributed by atoms with Crippen molar-refractivity contribution in [2.75, 3.05) is 28.2 Å². The predicted molar refractivity (Wildman–Crippen MR) is 95.4 cm³/mol. The van der Waals surface area contributed by atoms with Gasteiger partial charge in [-0.15, -0.1) is 0 Å². The summed E-state index contributed by atoms with van der Waals surface area (Å²) in [4.78, 5) is 22.4. The van der Waals surface area contributed by atoms with E-state index in [1.807, 2.05) is 0 Å². The topological polar surface area (TPSA) is 97.7 Å². The number of carbonyl (C=O) groups is 2. The Hall–Kier alpha value is -2.35. The monoisotopic (exact) mass is 364 g/mol. The number of aromatic carboxylic acids is 2. The molecule has 0 spiro atoms. The second-order valence-corrected chi connectivity index (χ2v) is 7.97. The first-order chi connectivity index (χ1) is 11.5. The van der Waals surface area contributed by atoms with Crippen molar-refractivity contribution in [3.05, 3.63) is 59.7 Å². The van der Waals surface area contributed by atoms with E-state index in [0.717, 1.165) is 4.48 Å². The molecule has 0 radical (unpaired) electrons. The van der Waals surface area contributed by atoms with E-state index in [4.69, 9.17) is 10.2 Å². The molecule has 0 aromatic heterocycles. The van der Waals surface area contributed by atoms with Crippen LogP contribution in [0.2, 0.25) is 0 Å². The zero-order valence-corrected chi connectivity index (χ0v) is 15.4. The van der Waals surface area contributed by atoms with Crippen LogP contribution in [-0.2, 0) is 11.2 Å². The summed E-state index contributed by atoms with van der Waals surface area (Å²) in [5, 5.41) is 18.2. The molecule has 2 aromatic rings. The van der Waals surface area contributed by atoms with Crippen molar-refractivity contribution in [3.63, 3.8) is 0 Å². The summed E-state index contributed by atoms with van der Waals surface area (Å²) >= 11 is -1.87. The molecule has 2 rings (SSSR count). The van der Waals surface area contributed by atoms with Gasteiger partial charge in [-0.05, 0) is 24.3 Å². The highest BCUT2D eigenvalue weighted by atomic mass is 32.2. The average Bonchev–Trinajstić information content (AvgIpc) is 2.52. The third-order valence-corrected chi connectivity index (χ3v) is 4.15. The largest absolute Gasteiger partial charge is 0.606 e. The van der Waals surface area contributed by atoms with Crippen LogP contribution in [0.4, 0.5) is 0 Å².